The minimum atomic E-state index is -0.216. The maximum Gasteiger partial charge on any atom is 0.191 e. The second kappa shape index (κ2) is 8.01. The Labute approximate surface area is 148 Å². The molecule has 25 heavy (non-hydrogen) atoms. The number of guanidine groups is 1. The number of rotatable bonds is 5. The molecule has 138 valence electrons. The SMILES string of the molecule is NC(=NCC1(CCO)CCOC1)N1CCN(c2ccc(F)cc2)CC1. The predicted octanol–water partition coefficient (Wildman–Crippen LogP) is 1.05. The Morgan fingerprint density at radius 3 is 2.56 bits per heavy atom. The van der Waals surface area contributed by atoms with Crippen LogP contribution < -0.4 is 10.6 Å². The summed E-state index contributed by atoms with van der Waals surface area (Å²) in [7, 11) is 0. The topological polar surface area (TPSA) is 74.3 Å². The molecule has 1 aromatic rings. The zero-order valence-electron chi connectivity index (χ0n) is 14.5. The van der Waals surface area contributed by atoms with Crippen molar-refractivity contribution in [3.63, 3.8) is 0 Å². The number of aliphatic imine (C=N–C) groups is 1. The molecular formula is C18H27FN4O2. The van der Waals surface area contributed by atoms with Gasteiger partial charge < -0.3 is 25.4 Å². The van der Waals surface area contributed by atoms with Gasteiger partial charge in [-0.2, -0.15) is 0 Å². The van der Waals surface area contributed by atoms with E-state index in [1.807, 2.05) is 0 Å². The van der Waals surface area contributed by atoms with Crippen molar-refractivity contribution >= 4 is 11.6 Å². The van der Waals surface area contributed by atoms with Gasteiger partial charge in [0.2, 0.25) is 0 Å². The number of hydrogen-bond donors (Lipinski definition) is 2. The third-order valence-corrected chi connectivity index (χ3v) is 5.20. The van der Waals surface area contributed by atoms with Gasteiger partial charge in [0.05, 0.1) is 13.2 Å². The van der Waals surface area contributed by atoms with Crippen molar-refractivity contribution in [3.8, 4) is 0 Å². The fourth-order valence-corrected chi connectivity index (χ4v) is 3.48. The number of aliphatic hydroxyl groups is 1. The molecule has 0 spiro atoms. The van der Waals surface area contributed by atoms with Gasteiger partial charge in [-0.15, -0.1) is 0 Å². The minimum absolute atomic E-state index is 0.0741. The van der Waals surface area contributed by atoms with Crippen LogP contribution >= 0.6 is 0 Å². The number of aliphatic hydroxyl groups excluding tert-OH is 1. The van der Waals surface area contributed by atoms with Gasteiger partial charge in [0.15, 0.2) is 5.96 Å². The number of halogens is 1. The Bertz CT molecular complexity index is 579. The molecule has 2 fully saturated rings. The molecule has 1 atom stereocenters. The van der Waals surface area contributed by atoms with E-state index in [0.29, 0.717) is 25.5 Å². The molecule has 7 heteroatoms. The van der Waals surface area contributed by atoms with Crippen LogP contribution in [0.25, 0.3) is 0 Å². The third-order valence-electron chi connectivity index (χ3n) is 5.20. The lowest BCUT2D eigenvalue weighted by Gasteiger charge is -2.37. The van der Waals surface area contributed by atoms with E-state index in [0.717, 1.165) is 44.9 Å². The molecule has 0 aliphatic carbocycles. The number of piperazine rings is 1. The van der Waals surface area contributed by atoms with Crippen LogP contribution in [0.1, 0.15) is 12.8 Å². The van der Waals surface area contributed by atoms with Crippen molar-refractivity contribution in [1.29, 1.82) is 0 Å². The fraction of sp³-hybridized carbons (Fsp3) is 0.611. The maximum atomic E-state index is 13.0. The predicted molar refractivity (Wildman–Crippen MR) is 96.2 cm³/mol. The number of benzene rings is 1. The van der Waals surface area contributed by atoms with Crippen LogP contribution in [0, 0.1) is 11.2 Å². The van der Waals surface area contributed by atoms with E-state index in [4.69, 9.17) is 10.5 Å². The standard InChI is InChI=1S/C18H27FN4O2/c19-15-1-3-16(4-2-15)22-7-9-23(10-8-22)17(20)21-13-18(5-11-24)6-12-25-14-18/h1-4,24H,5-14H2,(H2,20,21). The smallest absolute Gasteiger partial charge is 0.191 e. The van der Waals surface area contributed by atoms with Crippen LogP contribution in [-0.2, 0) is 4.74 Å². The summed E-state index contributed by atoms with van der Waals surface area (Å²) in [6.07, 6.45) is 1.62. The Kier molecular flexibility index (Phi) is 5.75. The van der Waals surface area contributed by atoms with Crippen LogP contribution in [0.5, 0.6) is 0 Å². The summed E-state index contributed by atoms with van der Waals surface area (Å²) in [6, 6.07) is 6.59. The van der Waals surface area contributed by atoms with Gasteiger partial charge in [-0.1, -0.05) is 0 Å². The van der Waals surface area contributed by atoms with Crippen molar-refractivity contribution in [2.45, 2.75) is 12.8 Å². The van der Waals surface area contributed by atoms with Crippen LogP contribution in [0.3, 0.4) is 0 Å². The highest BCUT2D eigenvalue weighted by Crippen LogP contribution is 2.32. The lowest BCUT2D eigenvalue weighted by molar-refractivity contribution is 0.131. The zero-order valence-corrected chi connectivity index (χ0v) is 14.5. The number of nitrogens with two attached hydrogens (primary N) is 1. The van der Waals surface area contributed by atoms with Crippen molar-refractivity contribution in [3.05, 3.63) is 30.1 Å². The summed E-state index contributed by atoms with van der Waals surface area (Å²) in [5.74, 6) is 0.342. The summed E-state index contributed by atoms with van der Waals surface area (Å²) in [6.45, 7) is 5.34. The van der Waals surface area contributed by atoms with Gasteiger partial charge in [0, 0.05) is 50.5 Å². The van der Waals surface area contributed by atoms with E-state index < -0.39 is 0 Å². The summed E-state index contributed by atoms with van der Waals surface area (Å²) in [5, 5.41) is 9.29. The summed E-state index contributed by atoms with van der Waals surface area (Å²) in [4.78, 5) is 8.90. The highest BCUT2D eigenvalue weighted by atomic mass is 19.1. The second-order valence-corrected chi connectivity index (χ2v) is 6.90. The largest absolute Gasteiger partial charge is 0.396 e. The molecule has 2 aliphatic rings. The quantitative estimate of drug-likeness (QED) is 0.613. The molecule has 0 aromatic heterocycles. The average Bonchev–Trinajstić information content (AvgIpc) is 3.10. The van der Waals surface area contributed by atoms with Crippen molar-refractivity contribution in [2.24, 2.45) is 16.1 Å². The van der Waals surface area contributed by atoms with Crippen molar-refractivity contribution in [2.75, 3.05) is 57.4 Å². The van der Waals surface area contributed by atoms with Gasteiger partial charge in [0.1, 0.15) is 5.82 Å². The molecule has 0 bridgehead atoms. The third kappa shape index (κ3) is 4.41. The van der Waals surface area contributed by atoms with Crippen molar-refractivity contribution in [1.82, 2.24) is 4.90 Å². The van der Waals surface area contributed by atoms with Gasteiger partial charge >= 0.3 is 0 Å². The van der Waals surface area contributed by atoms with Crippen LogP contribution in [0.15, 0.2) is 29.3 Å². The van der Waals surface area contributed by atoms with E-state index in [2.05, 4.69) is 14.8 Å². The van der Waals surface area contributed by atoms with Gasteiger partial charge in [-0.05, 0) is 37.1 Å². The summed E-state index contributed by atoms with van der Waals surface area (Å²) >= 11 is 0. The molecule has 3 N–H and O–H groups in total. The first-order valence-corrected chi connectivity index (χ1v) is 8.86. The van der Waals surface area contributed by atoms with Crippen LogP contribution in [-0.4, -0.2) is 68.5 Å². The van der Waals surface area contributed by atoms with Crippen molar-refractivity contribution < 1.29 is 14.2 Å². The number of anilines is 1. The molecule has 2 aliphatic heterocycles. The highest BCUT2D eigenvalue weighted by molar-refractivity contribution is 5.78. The number of hydrogen-bond acceptors (Lipinski definition) is 4. The van der Waals surface area contributed by atoms with E-state index in [1.165, 1.54) is 12.1 Å². The maximum absolute atomic E-state index is 13.0. The van der Waals surface area contributed by atoms with E-state index in [1.54, 1.807) is 12.1 Å². The van der Waals surface area contributed by atoms with Crippen LogP contribution in [0.2, 0.25) is 0 Å². The van der Waals surface area contributed by atoms with Gasteiger partial charge in [0.25, 0.3) is 0 Å². The normalized spacial score (nSPS) is 24.8. The summed E-state index contributed by atoms with van der Waals surface area (Å²) in [5.41, 5.74) is 7.15. The Morgan fingerprint density at radius 1 is 1.24 bits per heavy atom. The molecule has 1 unspecified atom stereocenters. The van der Waals surface area contributed by atoms with Crippen LogP contribution in [0.4, 0.5) is 10.1 Å². The van der Waals surface area contributed by atoms with Gasteiger partial charge in [-0.25, -0.2) is 4.39 Å². The summed E-state index contributed by atoms with van der Waals surface area (Å²) < 4.78 is 18.5. The number of nitrogens with zero attached hydrogens (tertiary/aromatic N) is 3. The lowest BCUT2D eigenvalue weighted by atomic mass is 9.84. The minimum Gasteiger partial charge on any atom is -0.396 e. The Hall–Kier alpha value is -1.86. The molecule has 0 amide bonds. The van der Waals surface area contributed by atoms with E-state index >= 15 is 0 Å². The monoisotopic (exact) mass is 350 g/mol. The van der Waals surface area contributed by atoms with E-state index in [-0.39, 0.29) is 17.8 Å². The first-order valence-electron chi connectivity index (χ1n) is 8.86. The Balaban J connectivity index is 1.54. The lowest BCUT2D eigenvalue weighted by Crippen LogP contribution is -2.51. The first kappa shape index (κ1) is 17.9. The van der Waals surface area contributed by atoms with Gasteiger partial charge in [-0.3, -0.25) is 4.99 Å². The second-order valence-electron chi connectivity index (χ2n) is 6.90. The molecule has 2 heterocycles. The molecule has 0 radical (unpaired) electrons. The van der Waals surface area contributed by atoms with E-state index in [9.17, 15) is 9.50 Å². The molecule has 3 rings (SSSR count). The average molecular weight is 350 g/mol. The molecule has 1 aromatic carbocycles. The Morgan fingerprint density at radius 2 is 1.96 bits per heavy atom. The fourth-order valence-electron chi connectivity index (χ4n) is 3.48. The highest BCUT2D eigenvalue weighted by Gasteiger charge is 2.34. The first-order chi connectivity index (χ1) is 12.1. The number of ether oxygens (including phenoxy) is 1. The molecule has 2 saturated heterocycles. The molecule has 0 saturated carbocycles. The zero-order chi connectivity index (χ0) is 17.7. The molecular weight excluding hydrogens is 323 g/mol. The molecule has 6 nitrogen and oxygen atoms in total.